The molecule has 7 rings (SSSR count). The SMILES string of the molecule is CC(C)[C@@H](C(=O)NC1CCCCC1)N1C(=O)[C@@H]2[C@H](C1=O)C1(Cl)c3ccccc3C2(Cl)c2ccccc21. The van der Waals surface area contributed by atoms with Crippen LogP contribution in [0.3, 0.4) is 0 Å². The lowest BCUT2D eigenvalue weighted by Crippen LogP contribution is -2.57. The Kier molecular flexibility index (Phi) is 5.55. The molecule has 1 saturated heterocycles. The molecular formula is C29H30Cl2N2O3. The van der Waals surface area contributed by atoms with E-state index in [1.54, 1.807) is 0 Å². The Balaban J connectivity index is 1.47. The van der Waals surface area contributed by atoms with E-state index in [0.717, 1.165) is 47.9 Å². The number of hydrogen-bond donors (Lipinski definition) is 1. The highest BCUT2D eigenvalue weighted by Gasteiger charge is 2.73. The lowest BCUT2D eigenvalue weighted by molar-refractivity contribution is -0.150. The molecule has 0 spiro atoms. The highest BCUT2D eigenvalue weighted by molar-refractivity contribution is 6.36. The van der Waals surface area contributed by atoms with Crippen molar-refractivity contribution in [3.05, 3.63) is 70.8 Å². The molecule has 1 saturated carbocycles. The van der Waals surface area contributed by atoms with Crippen molar-refractivity contribution in [3.63, 3.8) is 0 Å². The van der Waals surface area contributed by atoms with Crippen LogP contribution in [0.25, 0.3) is 0 Å². The third-order valence-electron chi connectivity index (χ3n) is 8.75. The Morgan fingerprint density at radius 3 is 1.64 bits per heavy atom. The van der Waals surface area contributed by atoms with Gasteiger partial charge in [0.1, 0.15) is 15.8 Å². The van der Waals surface area contributed by atoms with Gasteiger partial charge in [0.15, 0.2) is 0 Å². The van der Waals surface area contributed by atoms with E-state index in [-0.39, 0.29) is 17.9 Å². The predicted octanol–water partition coefficient (Wildman–Crippen LogP) is 5.05. The van der Waals surface area contributed by atoms with Crippen molar-refractivity contribution >= 4 is 40.9 Å². The van der Waals surface area contributed by atoms with Gasteiger partial charge in [-0.3, -0.25) is 19.3 Å². The van der Waals surface area contributed by atoms with Crippen LogP contribution in [0, 0.1) is 17.8 Å². The molecule has 2 aromatic rings. The zero-order valence-electron chi connectivity index (χ0n) is 20.5. The van der Waals surface area contributed by atoms with Gasteiger partial charge in [-0.1, -0.05) is 81.6 Å². The first-order valence-corrected chi connectivity index (χ1v) is 13.7. The third-order valence-corrected chi connectivity index (χ3v) is 10.0. The van der Waals surface area contributed by atoms with E-state index >= 15 is 0 Å². The summed E-state index contributed by atoms with van der Waals surface area (Å²) in [7, 11) is 0. The van der Waals surface area contributed by atoms with Crippen LogP contribution < -0.4 is 5.32 Å². The minimum Gasteiger partial charge on any atom is -0.352 e. The minimum atomic E-state index is -1.24. The maximum absolute atomic E-state index is 14.2. The van der Waals surface area contributed by atoms with Crippen molar-refractivity contribution in [2.24, 2.45) is 17.8 Å². The first-order chi connectivity index (χ1) is 17.2. The molecule has 3 amide bonds. The number of nitrogens with zero attached hydrogens (tertiary/aromatic N) is 1. The van der Waals surface area contributed by atoms with Gasteiger partial charge in [0.25, 0.3) is 0 Å². The molecule has 2 bridgehead atoms. The molecule has 3 atom stereocenters. The van der Waals surface area contributed by atoms with Gasteiger partial charge in [0.2, 0.25) is 17.7 Å². The quantitative estimate of drug-likeness (QED) is 0.449. The molecule has 0 aromatic heterocycles. The maximum Gasteiger partial charge on any atom is 0.243 e. The largest absolute Gasteiger partial charge is 0.352 e. The molecule has 36 heavy (non-hydrogen) atoms. The number of nitrogens with one attached hydrogen (secondary N) is 1. The van der Waals surface area contributed by atoms with E-state index in [0.29, 0.717) is 0 Å². The summed E-state index contributed by atoms with van der Waals surface area (Å²) in [6.45, 7) is 3.75. The van der Waals surface area contributed by atoms with Crippen LogP contribution in [-0.4, -0.2) is 34.7 Å². The number of hydrogen-bond acceptors (Lipinski definition) is 3. The van der Waals surface area contributed by atoms with Gasteiger partial charge in [-0.25, -0.2) is 0 Å². The number of alkyl halides is 2. The third kappa shape index (κ3) is 2.99. The van der Waals surface area contributed by atoms with Gasteiger partial charge in [0, 0.05) is 6.04 Å². The van der Waals surface area contributed by atoms with Crippen molar-refractivity contribution in [2.75, 3.05) is 0 Å². The molecule has 1 N–H and O–H groups in total. The molecule has 188 valence electrons. The van der Waals surface area contributed by atoms with E-state index < -0.39 is 39.4 Å². The van der Waals surface area contributed by atoms with Gasteiger partial charge in [-0.15, -0.1) is 23.2 Å². The molecule has 0 radical (unpaired) electrons. The Hall–Kier alpha value is -2.37. The number of halogens is 2. The van der Waals surface area contributed by atoms with E-state index in [9.17, 15) is 14.4 Å². The van der Waals surface area contributed by atoms with Gasteiger partial charge in [0.05, 0.1) is 11.8 Å². The minimum absolute atomic E-state index is 0.0750. The second-order valence-electron chi connectivity index (χ2n) is 11.0. The topological polar surface area (TPSA) is 66.5 Å². The number of amides is 3. The number of likely N-dealkylation sites (tertiary alicyclic amines) is 1. The number of rotatable bonds is 4. The Labute approximate surface area is 221 Å². The Morgan fingerprint density at radius 2 is 1.25 bits per heavy atom. The van der Waals surface area contributed by atoms with E-state index in [1.807, 2.05) is 62.4 Å². The fraction of sp³-hybridized carbons (Fsp3) is 0.483. The van der Waals surface area contributed by atoms with Crippen molar-refractivity contribution in [1.82, 2.24) is 10.2 Å². The molecule has 5 nitrogen and oxygen atoms in total. The second kappa shape index (κ2) is 8.32. The molecule has 5 aliphatic rings. The summed E-state index contributed by atoms with van der Waals surface area (Å²) in [6, 6.07) is 14.3. The maximum atomic E-state index is 14.2. The lowest BCUT2D eigenvalue weighted by atomic mass is 9.54. The highest BCUT2D eigenvalue weighted by Crippen LogP contribution is 2.69. The lowest BCUT2D eigenvalue weighted by Gasteiger charge is -2.54. The van der Waals surface area contributed by atoms with Crippen LogP contribution in [0.2, 0.25) is 0 Å². The summed E-state index contributed by atoms with van der Waals surface area (Å²) >= 11 is 15.0. The summed E-state index contributed by atoms with van der Waals surface area (Å²) < 4.78 is 0. The molecule has 7 heteroatoms. The van der Waals surface area contributed by atoms with Crippen molar-refractivity contribution in [3.8, 4) is 0 Å². The average molecular weight is 525 g/mol. The predicted molar refractivity (Wildman–Crippen MR) is 139 cm³/mol. The van der Waals surface area contributed by atoms with Crippen LogP contribution in [0.5, 0.6) is 0 Å². The van der Waals surface area contributed by atoms with Gasteiger partial charge in [-0.05, 0) is 41.0 Å². The fourth-order valence-corrected chi connectivity index (χ4v) is 8.31. The molecular weight excluding hydrogens is 495 g/mol. The van der Waals surface area contributed by atoms with Crippen LogP contribution in [-0.2, 0) is 24.1 Å². The molecule has 2 fully saturated rings. The van der Waals surface area contributed by atoms with Crippen LogP contribution in [0.4, 0.5) is 0 Å². The van der Waals surface area contributed by atoms with Crippen molar-refractivity contribution in [1.29, 1.82) is 0 Å². The van der Waals surface area contributed by atoms with Crippen LogP contribution >= 0.6 is 23.2 Å². The van der Waals surface area contributed by atoms with E-state index in [4.69, 9.17) is 23.2 Å². The number of imide groups is 1. The molecule has 2 aromatic carbocycles. The smallest absolute Gasteiger partial charge is 0.243 e. The summed E-state index contributed by atoms with van der Waals surface area (Å²) in [5, 5.41) is 3.14. The summed E-state index contributed by atoms with van der Waals surface area (Å²) in [5.74, 6) is -3.14. The number of carbonyl (C=O) groups excluding carboxylic acids is 3. The van der Waals surface area contributed by atoms with Gasteiger partial charge in [-0.2, -0.15) is 0 Å². The standard InChI is InChI=1S/C29H30Cl2N2O3/c1-16(2)24(25(34)32-17-10-4-3-5-11-17)33-26(35)22-23(27(33)36)29(31)19-13-7-6-12-18(19)28(22,30)20-14-8-9-15-21(20)29/h6-9,12-17,22-24H,3-5,10-11H2,1-2H3,(H,32,34)/t22-,23+,24-,28?,29?/m0/s1. The zero-order valence-corrected chi connectivity index (χ0v) is 22.0. The molecule has 0 unspecified atom stereocenters. The second-order valence-corrected chi connectivity index (χ2v) is 12.2. The summed E-state index contributed by atoms with van der Waals surface area (Å²) in [4.78, 5) is 40.8. The Morgan fingerprint density at radius 1 is 0.833 bits per heavy atom. The van der Waals surface area contributed by atoms with Gasteiger partial charge >= 0.3 is 0 Å². The molecule has 4 aliphatic carbocycles. The van der Waals surface area contributed by atoms with Crippen LogP contribution in [0.15, 0.2) is 48.5 Å². The van der Waals surface area contributed by atoms with Gasteiger partial charge < -0.3 is 5.32 Å². The zero-order chi connectivity index (χ0) is 25.4. The number of carbonyl (C=O) groups is 3. The number of benzene rings is 2. The summed E-state index contributed by atoms with van der Waals surface area (Å²) in [6.07, 6.45) is 5.16. The summed E-state index contributed by atoms with van der Waals surface area (Å²) in [5.41, 5.74) is 3.05. The first-order valence-electron chi connectivity index (χ1n) is 13.0. The monoisotopic (exact) mass is 524 g/mol. The van der Waals surface area contributed by atoms with Crippen LogP contribution in [0.1, 0.15) is 68.2 Å². The molecule has 1 aliphatic heterocycles. The average Bonchev–Trinajstić information content (AvgIpc) is 3.14. The highest BCUT2D eigenvalue weighted by atomic mass is 35.5. The molecule has 1 heterocycles. The van der Waals surface area contributed by atoms with E-state index in [2.05, 4.69) is 5.32 Å². The Bertz CT molecular complexity index is 1150. The first kappa shape index (κ1) is 24.0. The van der Waals surface area contributed by atoms with Crippen molar-refractivity contribution in [2.45, 2.75) is 67.8 Å². The van der Waals surface area contributed by atoms with Crippen molar-refractivity contribution < 1.29 is 14.4 Å². The normalized spacial score (nSPS) is 31.8. The van der Waals surface area contributed by atoms with E-state index in [1.165, 1.54) is 11.3 Å². The fourth-order valence-electron chi connectivity index (χ4n) is 7.21.